The van der Waals surface area contributed by atoms with Gasteiger partial charge in [-0.05, 0) is 44.5 Å². The molecule has 1 aliphatic rings. The number of nitrogens with one attached hydrogen (secondary N) is 1. The van der Waals surface area contributed by atoms with Crippen LogP contribution < -0.4 is 10.2 Å². The van der Waals surface area contributed by atoms with E-state index in [1.165, 1.54) is 11.8 Å². The third-order valence-corrected chi connectivity index (χ3v) is 5.34. The van der Waals surface area contributed by atoms with E-state index in [0.29, 0.717) is 22.0 Å². The molecule has 1 aromatic heterocycles. The fourth-order valence-corrected chi connectivity index (χ4v) is 4.17. The zero-order chi connectivity index (χ0) is 19.6. The van der Waals surface area contributed by atoms with Gasteiger partial charge in [0.15, 0.2) is 0 Å². The topological polar surface area (TPSA) is 86.1 Å². The van der Waals surface area contributed by atoms with Gasteiger partial charge in [-0.1, -0.05) is 23.9 Å². The predicted molar refractivity (Wildman–Crippen MR) is 106 cm³/mol. The number of hydrogen-bond acceptors (Lipinski definition) is 5. The number of pyridine rings is 1. The van der Waals surface area contributed by atoms with E-state index in [2.05, 4.69) is 16.4 Å². The number of aryl methyl sites for hydroxylation is 2. The maximum absolute atomic E-state index is 13.0. The third-order valence-electron chi connectivity index (χ3n) is 4.38. The van der Waals surface area contributed by atoms with Gasteiger partial charge < -0.3 is 10.2 Å². The molecule has 0 spiro atoms. The Hall–Kier alpha value is -2.85. The van der Waals surface area contributed by atoms with Crippen molar-refractivity contribution in [3.8, 4) is 6.07 Å². The summed E-state index contributed by atoms with van der Waals surface area (Å²) >= 11 is 1.26. The van der Waals surface area contributed by atoms with Crippen LogP contribution in [0.25, 0.3) is 0 Å². The summed E-state index contributed by atoms with van der Waals surface area (Å²) in [6, 6.07) is 11.1. The molecule has 0 fully saturated rings. The van der Waals surface area contributed by atoms with Crippen molar-refractivity contribution in [2.45, 2.75) is 38.3 Å². The molecule has 3 rings (SSSR count). The van der Waals surface area contributed by atoms with Gasteiger partial charge in [0, 0.05) is 18.2 Å². The number of carbonyl (C=O) groups is 2. The van der Waals surface area contributed by atoms with Crippen LogP contribution in [0.15, 0.2) is 35.4 Å². The first-order valence-corrected chi connectivity index (χ1v) is 9.61. The Morgan fingerprint density at radius 1 is 1.41 bits per heavy atom. The molecule has 0 aliphatic carbocycles. The summed E-state index contributed by atoms with van der Waals surface area (Å²) in [5.41, 5.74) is 3.48. The molecular formula is C20H20N4O2S. The van der Waals surface area contributed by atoms with Crippen molar-refractivity contribution in [2.75, 3.05) is 16.0 Å². The van der Waals surface area contributed by atoms with Crippen LogP contribution in [0.4, 0.5) is 11.4 Å². The first-order valence-electron chi connectivity index (χ1n) is 8.62. The van der Waals surface area contributed by atoms with Gasteiger partial charge in [0.2, 0.25) is 11.8 Å². The van der Waals surface area contributed by atoms with E-state index in [-0.39, 0.29) is 30.0 Å². The van der Waals surface area contributed by atoms with Gasteiger partial charge in [-0.3, -0.25) is 9.59 Å². The molecule has 1 aromatic carbocycles. The summed E-state index contributed by atoms with van der Waals surface area (Å²) in [6.45, 7) is 5.59. The standard InChI is InChI=1S/C20H20N4O2S/c1-12-8-13(2)22-20(15(12)10-21)27-11-19(26)24-14(3)9-18(25)23-16-6-4-5-7-17(16)24/h4-8,14H,9,11H2,1-3H3,(H,23,25). The van der Waals surface area contributed by atoms with Crippen LogP contribution in [-0.4, -0.2) is 28.6 Å². The Labute approximate surface area is 162 Å². The molecule has 1 aliphatic heterocycles. The minimum atomic E-state index is -0.260. The summed E-state index contributed by atoms with van der Waals surface area (Å²) in [5.74, 6) is -0.0980. The zero-order valence-corrected chi connectivity index (χ0v) is 16.3. The van der Waals surface area contributed by atoms with Crippen molar-refractivity contribution in [3.05, 3.63) is 47.2 Å². The van der Waals surface area contributed by atoms with Crippen LogP contribution in [0.3, 0.4) is 0 Å². The van der Waals surface area contributed by atoms with Crippen molar-refractivity contribution in [1.29, 1.82) is 5.26 Å². The van der Waals surface area contributed by atoms with E-state index in [4.69, 9.17) is 0 Å². The van der Waals surface area contributed by atoms with Gasteiger partial charge in [0.1, 0.15) is 11.1 Å². The Bertz CT molecular complexity index is 951. The highest BCUT2D eigenvalue weighted by Gasteiger charge is 2.29. The molecule has 1 atom stereocenters. The average Bonchev–Trinajstić information content (AvgIpc) is 2.73. The van der Waals surface area contributed by atoms with Crippen molar-refractivity contribution in [2.24, 2.45) is 0 Å². The first kappa shape index (κ1) is 18.9. The summed E-state index contributed by atoms with van der Waals surface area (Å²) < 4.78 is 0. The third kappa shape index (κ3) is 3.96. The number of rotatable bonds is 3. The number of hydrogen-bond donors (Lipinski definition) is 1. The number of fused-ring (bicyclic) bond motifs is 1. The van der Waals surface area contributed by atoms with Crippen molar-refractivity contribution in [3.63, 3.8) is 0 Å². The Balaban J connectivity index is 1.86. The number of amides is 2. The Morgan fingerprint density at radius 3 is 2.89 bits per heavy atom. The summed E-state index contributed by atoms with van der Waals surface area (Å²) in [6.07, 6.45) is 0.232. The van der Waals surface area contributed by atoms with Gasteiger partial charge in [-0.15, -0.1) is 0 Å². The molecule has 138 valence electrons. The van der Waals surface area contributed by atoms with Gasteiger partial charge in [0.25, 0.3) is 0 Å². The molecule has 1 N–H and O–H groups in total. The molecule has 2 amide bonds. The molecule has 7 heteroatoms. The molecule has 0 saturated carbocycles. The van der Waals surface area contributed by atoms with E-state index in [1.54, 1.807) is 11.0 Å². The fourth-order valence-electron chi connectivity index (χ4n) is 3.21. The summed E-state index contributed by atoms with van der Waals surface area (Å²) in [5, 5.41) is 12.8. The Morgan fingerprint density at radius 2 is 2.15 bits per heavy atom. The second-order valence-corrected chi connectivity index (χ2v) is 7.51. The van der Waals surface area contributed by atoms with Crippen LogP contribution in [0.2, 0.25) is 0 Å². The second kappa shape index (κ2) is 7.80. The molecular weight excluding hydrogens is 360 g/mol. The maximum Gasteiger partial charge on any atom is 0.237 e. The van der Waals surface area contributed by atoms with Gasteiger partial charge in [0.05, 0.1) is 22.7 Å². The second-order valence-electron chi connectivity index (χ2n) is 6.54. The van der Waals surface area contributed by atoms with Gasteiger partial charge in [-0.2, -0.15) is 5.26 Å². The number of benzene rings is 1. The van der Waals surface area contributed by atoms with E-state index in [0.717, 1.165) is 11.3 Å². The number of aromatic nitrogens is 1. The average molecular weight is 380 g/mol. The number of thioether (sulfide) groups is 1. The lowest BCUT2D eigenvalue weighted by atomic mass is 10.1. The number of nitriles is 1. The van der Waals surface area contributed by atoms with E-state index >= 15 is 0 Å². The summed E-state index contributed by atoms with van der Waals surface area (Å²) in [4.78, 5) is 31.2. The highest BCUT2D eigenvalue weighted by molar-refractivity contribution is 8.00. The van der Waals surface area contributed by atoms with Crippen LogP contribution in [0, 0.1) is 25.2 Å². The molecule has 27 heavy (non-hydrogen) atoms. The van der Waals surface area contributed by atoms with E-state index in [9.17, 15) is 14.9 Å². The zero-order valence-electron chi connectivity index (χ0n) is 15.4. The quantitative estimate of drug-likeness (QED) is 0.825. The number of anilines is 2. The molecule has 2 aromatic rings. The number of para-hydroxylation sites is 2. The maximum atomic E-state index is 13.0. The minimum Gasteiger partial charge on any atom is -0.324 e. The molecule has 0 radical (unpaired) electrons. The van der Waals surface area contributed by atoms with Crippen LogP contribution in [0.1, 0.15) is 30.2 Å². The summed E-state index contributed by atoms with van der Waals surface area (Å²) in [7, 11) is 0. The van der Waals surface area contributed by atoms with Gasteiger partial charge in [-0.25, -0.2) is 4.98 Å². The van der Waals surface area contributed by atoms with Gasteiger partial charge >= 0.3 is 0 Å². The lowest BCUT2D eigenvalue weighted by molar-refractivity contribution is -0.117. The normalized spacial score (nSPS) is 16.1. The van der Waals surface area contributed by atoms with Crippen molar-refractivity contribution in [1.82, 2.24) is 4.98 Å². The smallest absolute Gasteiger partial charge is 0.237 e. The lowest BCUT2D eigenvalue weighted by Crippen LogP contribution is -2.40. The Kier molecular flexibility index (Phi) is 5.47. The number of nitrogens with zero attached hydrogens (tertiary/aromatic N) is 3. The fraction of sp³-hybridized carbons (Fsp3) is 0.300. The van der Waals surface area contributed by atoms with Crippen molar-refractivity contribution >= 4 is 35.0 Å². The first-order chi connectivity index (χ1) is 12.9. The lowest BCUT2D eigenvalue weighted by Gasteiger charge is -2.27. The highest BCUT2D eigenvalue weighted by atomic mass is 32.2. The van der Waals surface area contributed by atoms with Crippen molar-refractivity contribution < 1.29 is 9.59 Å². The van der Waals surface area contributed by atoms with Crippen LogP contribution >= 0.6 is 11.8 Å². The molecule has 0 bridgehead atoms. The van der Waals surface area contributed by atoms with E-state index < -0.39 is 0 Å². The SMILES string of the molecule is Cc1cc(C)c(C#N)c(SCC(=O)N2c3ccccc3NC(=O)CC2C)n1. The molecule has 2 heterocycles. The van der Waals surface area contributed by atoms with Crippen LogP contribution in [-0.2, 0) is 9.59 Å². The van der Waals surface area contributed by atoms with Crippen LogP contribution in [0.5, 0.6) is 0 Å². The molecule has 6 nitrogen and oxygen atoms in total. The number of carbonyl (C=O) groups excluding carboxylic acids is 2. The predicted octanol–water partition coefficient (Wildman–Crippen LogP) is 3.43. The van der Waals surface area contributed by atoms with E-state index in [1.807, 2.05) is 45.0 Å². The largest absolute Gasteiger partial charge is 0.324 e. The monoisotopic (exact) mass is 380 g/mol. The highest BCUT2D eigenvalue weighted by Crippen LogP contribution is 2.32. The minimum absolute atomic E-state index is 0.111. The molecule has 0 saturated heterocycles. The molecule has 1 unspecified atom stereocenters.